The topological polar surface area (TPSA) is 69.7 Å². The Morgan fingerprint density at radius 2 is 1.84 bits per heavy atom. The van der Waals surface area contributed by atoms with E-state index in [9.17, 15) is 17.6 Å². The molecule has 2 aromatic rings. The number of hydrogen-bond acceptors (Lipinski definition) is 5. The molecule has 0 atom stereocenters. The first-order valence-electron chi connectivity index (χ1n) is 7.28. The third kappa shape index (κ3) is 5.44. The largest absolute Gasteiger partial charge is 0.494 e. The fraction of sp³-hybridized carbons (Fsp3) is 0.235. The Morgan fingerprint density at radius 1 is 1.16 bits per heavy atom. The Kier molecular flexibility index (Phi) is 6.39. The lowest BCUT2D eigenvalue weighted by atomic mass is 10.2. The normalized spacial score (nSPS) is 11.2. The monoisotopic (exact) mass is 386 g/mol. The van der Waals surface area contributed by atoms with Crippen LogP contribution >= 0.6 is 11.6 Å². The van der Waals surface area contributed by atoms with Crippen molar-refractivity contribution >= 4 is 27.4 Å². The van der Waals surface area contributed by atoms with E-state index in [1.54, 1.807) is 6.07 Å². The van der Waals surface area contributed by atoms with Crippen LogP contribution in [0.5, 0.6) is 5.75 Å². The molecular weight excluding hydrogens is 371 g/mol. The van der Waals surface area contributed by atoms with Crippen molar-refractivity contribution in [2.45, 2.75) is 17.9 Å². The van der Waals surface area contributed by atoms with E-state index in [0.717, 1.165) is 0 Å². The van der Waals surface area contributed by atoms with Gasteiger partial charge in [-0.1, -0.05) is 17.7 Å². The highest BCUT2D eigenvalue weighted by molar-refractivity contribution is 7.91. The van der Waals surface area contributed by atoms with Gasteiger partial charge in [-0.3, -0.25) is 4.79 Å². The van der Waals surface area contributed by atoms with Gasteiger partial charge < -0.3 is 9.47 Å². The maximum atomic E-state index is 13.5. The molecule has 25 heavy (non-hydrogen) atoms. The lowest BCUT2D eigenvalue weighted by molar-refractivity contribution is -0.144. The molecule has 0 fully saturated rings. The molecule has 0 saturated carbocycles. The quantitative estimate of drug-likeness (QED) is 0.682. The zero-order chi connectivity index (χ0) is 18.4. The average Bonchev–Trinajstić information content (AvgIpc) is 2.59. The van der Waals surface area contributed by atoms with Crippen LogP contribution < -0.4 is 4.74 Å². The molecule has 5 nitrogen and oxygen atoms in total. The molecule has 0 spiro atoms. The second-order valence-corrected chi connectivity index (χ2v) is 7.70. The van der Waals surface area contributed by atoms with Crippen molar-refractivity contribution in [1.82, 2.24) is 0 Å². The maximum Gasteiger partial charge on any atom is 0.307 e. The molecule has 0 heterocycles. The van der Waals surface area contributed by atoms with Gasteiger partial charge in [-0.05, 0) is 42.0 Å². The third-order valence-electron chi connectivity index (χ3n) is 3.36. The van der Waals surface area contributed by atoms with Crippen LogP contribution in [0.4, 0.5) is 4.39 Å². The zero-order valence-electron chi connectivity index (χ0n) is 13.4. The van der Waals surface area contributed by atoms with Crippen molar-refractivity contribution in [3.05, 3.63) is 58.9 Å². The standard InChI is InChI=1S/C17H16ClFO5S/c1-23-16-7-2-12(10-15(16)19)11-24-17(20)8-9-25(21,22)14-5-3-13(18)4-6-14/h2-7,10H,8-9,11H2,1H3. The van der Waals surface area contributed by atoms with E-state index >= 15 is 0 Å². The molecule has 2 aromatic carbocycles. The van der Waals surface area contributed by atoms with Gasteiger partial charge in [0, 0.05) is 5.02 Å². The highest BCUT2D eigenvalue weighted by Crippen LogP contribution is 2.19. The summed E-state index contributed by atoms with van der Waals surface area (Å²) < 4.78 is 47.6. The van der Waals surface area contributed by atoms with E-state index in [0.29, 0.717) is 10.6 Å². The second kappa shape index (κ2) is 8.31. The van der Waals surface area contributed by atoms with E-state index in [1.807, 2.05) is 0 Å². The molecule has 0 unspecified atom stereocenters. The van der Waals surface area contributed by atoms with Crippen molar-refractivity contribution < 1.29 is 27.1 Å². The van der Waals surface area contributed by atoms with Crippen molar-refractivity contribution in [2.24, 2.45) is 0 Å². The molecule has 0 bridgehead atoms. The molecule has 0 aliphatic rings. The highest BCUT2D eigenvalue weighted by atomic mass is 35.5. The Bertz CT molecular complexity index is 850. The number of hydrogen-bond donors (Lipinski definition) is 0. The molecule has 0 aliphatic carbocycles. The van der Waals surface area contributed by atoms with E-state index in [4.69, 9.17) is 21.1 Å². The van der Waals surface area contributed by atoms with Crippen LogP contribution in [0.3, 0.4) is 0 Å². The number of ether oxygens (including phenoxy) is 2. The molecule has 0 amide bonds. The van der Waals surface area contributed by atoms with Gasteiger partial charge in [0.25, 0.3) is 0 Å². The van der Waals surface area contributed by atoms with Gasteiger partial charge in [0.05, 0.1) is 24.2 Å². The zero-order valence-corrected chi connectivity index (χ0v) is 14.9. The van der Waals surface area contributed by atoms with E-state index in [1.165, 1.54) is 43.5 Å². The van der Waals surface area contributed by atoms with E-state index in [-0.39, 0.29) is 29.4 Å². The predicted molar refractivity (Wildman–Crippen MR) is 90.9 cm³/mol. The smallest absolute Gasteiger partial charge is 0.307 e. The molecule has 2 rings (SSSR count). The number of esters is 1. The summed E-state index contributed by atoms with van der Waals surface area (Å²) in [5.74, 6) is -1.55. The molecule has 0 saturated heterocycles. The van der Waals surface area contributed by atoms with Gasteiger partial charge in [0.1, 0.15) is 6.61 Å². The van der Waals surface area contributed by atoms with Crippen LogP contribution in [0.1, 0.15) is 12.0 Å². The Balaban J connectivity index is 1.88. The number of halogens is 2. The van der Waals surface area contributed by atoms with Gasteiger partial charge in [-0.2, -0.15) is 0 Å². The number of benzene rings is 2. The fourth-order valence-corrected chi connectivity index (χ4v) is 3.36. The summed E-state index contributed by atoms with van der Waals surface area (Å²) in [6.07, 6.45) is -0.302. The minimum absolute atomic E-state index is 0.0851. The SMILES string of the molecule is COc1ccc(COC(=O)CCS(=O)(=O)c2ccc(Cl)cc2)cc1F. The molecule has 0 radical (unpaired) electrons. The molecule has 134 valence electrons. The maximum absolute atomic E-state index is 13.5. The average molecular weight is 387 g/mol. The number of rotatable bonds is 7. The van der Waals surface area contributed by atoms with Gasteiger partial charge in [-0.25, -0.2) is 12.8 Å². The molecule has 8 heteroatoms. The number of carbonyl (C=O) groups is 1. The Labute approximate surface area is 150 Å². The van der Waals surface area contributed by atoms with E-state index in [2.05, 4.69) is 0 Å². The summed E-state index contributed by atoms with van der Waals surface area (Å²) in [4.78, 5) is 11.8. The summed E-state index contributed by atoms with van der Waals surface area (Å²) in [5.41, 5.74) is 0.437. The van der Waals surface area contributed by atoms with Gasteiger partial charge in [0.15, 0.2) is 21.4 Å². The minimum atomic E-state index is -3.61. The Morgan fingerprint density at radius 3 is 2.44 bits per heavy atom. The third-order valence-corrected chi connectivity index (χ3v) is 5.35. The second-order valence-electron chi connectivity index (χ2n) is 5.15. The van der Waals surface area contributed by atoms with Crippen molar-refractivity contribution in [3.8, 4) is 5.75 Å². The van der Waals surface area contributed by atoms with Crippen LogP contribution in [0.25, 0.3) is 0 Å². The number of sulfone groups is 1. The summed E-state index contributed by atoms with van der Waals surface area (Å²) in [7, 11) is -2.26. The number of methoxy groups -OCH3 is 1. The lowest BCUT2D eigenvalue weighted by Gasteiger charge is -2.08. The molecule has 0 N–H and O–H groups in total. The summed E-state index contributed by atoms with van der Waals surface area (Å²) in [6, 6.07) is 9.85. The van der Waals surface area contributed by atoms with Crippen molar-refractivity contribution in [1.29, 1.82) is 0 Å². The van der Waals surface area contributed by atoms with Crippen LogP contribution in [-0.2, 0) is 26.0 Å². The van der Waals surface area contributed by atoms with Crippen LogP contribution in [0, 0.1) is 5.82 Å². The summed E-state index contributed by atoms with van der Waals surface area (Å²) in [5, 5.41) is 0.421. The first-order valence-corrected chi connectivity index (χ1v) is 9.31. The van der Waals surface area contributed by atoms with Gasteiger partial charge in [0.2, 0.25) is 0 Å². The highest BCUT2D eigenvalue weighted by Gasteiger charge is 2.17. The van der Waals surface area contributed by atoms with Crippen LogP contribution in [-0.4, -0.2) is 27.2 Å². The molecule has 0 aromatic heterocycles. The van der Waals surface area contributed by atoms with E-state index < -0.39 is 21.6 Å². The minimum Gasteiger partial charge on any atom is -0.494 e. The summed E-state index contributed by atoms with van der Waals surface area (Å²) >= 11 is 5.72. The lowest BCUT2D eigenvalue weighted by Crippen LogP contribution is -2.13. The van der Waals surface area contributed by atoms with Crippen molar-refractivity contribution in [3.63, 3.8) is 0 Å². The Hall–Kier alpha value is -2.12. The fourth-order valence-electron chi connectivity index (χ4n) is 2.01. The summed E-state index contributed by atoms with van der Waals surface area (Å²) in [6.45, 7) is -0.152. The number of carbonyl (C=O) groups excluding carboxylic acids is 1. The van der Waals surface area contributed by atoms with Crippen LogP contribution in [0.2, 0.25) is 5.02 Å². The van der Waals surface area contributed by atoms with Crippen LogP contribution in [0.15, 0.2) is 47.4 Å². The first-order chi connectivity index (χ1) is 11.8. The molecular formula is C17H16ClFO5S. The van der Waals surface area contributed by atoms with Gasteiger partial charge >= 0.3 is 5.97 Å². The molecule has 0 aliphatic heterocycles. The first kappa shape index (κ1) is 19.2. The van der Waals surface area contributed by atoms with Gasteiger partial charge in [-0.15, -0.1) is 0 Å². The predicted octanol–water partition coefficient (Wildman–Crippen LogP) is 3.39. The van der Waals surface area contributed by atoms with Crippen molar-refractivity contribution in [2.75, 3.05) is 12.9 Å².